The van der Waals surface area contributed by atoms with Gasteiger partial charge in [-0.2, -0.15) is 0 Å². The first-order chi connectivity index (χ1) is 9.51. The van der Waals surface area contributed by atoms with Gasteiger partial charge in [-0.3, -0.25) is 14.9 Å². The lowest BCUT2D eigenvalue weighted by atomic mass is 10.3. The minimum atomic E-state index is -0.639. The van der Waals surface area contributed by atoms with E-state index in [1.165, 1.54) is 13.4 Å². The molecule has 0 spiro atoms. The smallest absolute Gasteiger partial charge is 0.353 e. The van der Waals surface area contributed by atoms with Crippen molar-refractivity contribution in [1.82, 2.24) is 15.3 Å². The molecule has 1 heterocycles. The molecule has 0 radical (unpaired) electrons. The quantitative estimate of drug-likeness (QED) is 0.498. The molecule has 1 aromatic rings. The Hall–Kier alpha value is -2.45. The zero-order valence-electron chi connectivity index (χ0n) is 11.6. The zero-order chi connectivity index (χ0) is 15.1. The van der Waals surface area contributed by atoms with E-state index in [0.29, 0.717) is 6.54 Å². The van der Waals surface area contributed by atoms with Gasteiger partial charge in [0.25, 0.3) is 0 Å². The van der Waals surface area contributed by atoms with Crippen LogP contribution in [0.25, 0.3) is 0 Å². The van der Waals surface area contributed by atoms with Gasteiger partial charge in [0.05, 0.1) is 4.92 Å². The van der Waals surface area contributed by atoms with Gasteiger partial charge in [-0.25, -0.2) is 9.97 Å². The highest BCUT2D eigenvalue weighted by atomic mass is 16.6. The molecule has 1 rings (SSSR count). The molecule has 0 saturated heterocycles. The summed E-state index contributed by atoms with van der Waals surface area (Å²) in [5.74, 6) is -0.145. The van der Waals surface area contributed by atoms with Crippen molar-refractivity contribution in [2.75, 3.05) is 24.2 Å². The largest absolute Gasteiger partial charge is 0.367 e. The van der Waals surface area contributed by atoms with Crippen molar-refractivity contribution in [2.45, 2.75) is 26.3 Å². The maximum atomic E-state index is 11.7. The number of amides is 1. The van der Waals surface area contributed by atoms with Gasteiger partial charge < -0.3 is 16.0 Å². The molecule has 0 saturated carbocycles. The summed E-state index contributed by atoms with van der Waals surface area (Å²) in [6, 6.07) is -0.639. The predicted molar refractivity (Wildman–Crippen MR) is 74.6 cm³/mol. The number of carbonyl (C=O) groups excluding carboxylic acids is 1. The average molecular weight is 282 g/mol. The number of nitrogens with zero attached hydrogens (tertiary/aromatic N) is 3. The average Bonchev–Trinajstić information content (AvgIpc) is 2.43. The monoisotopic (exact) mass is 282 g/mol. The minimum Gasteiger partial charge on any atom is -0.367 e. The van der Waals surface area contributed by atoms with Crippen molar-refractivity contribution in [2.24, 2.45) is 0 Å². The van der Waals surface area contributed by atoms with E-state index in [-0.39, 0.29) is 23.2 Å². The fraction of sp³-hybridized carbons (Fsp3) is 0.545. The van der Waals surface area contributed by atoms with Crippen LogP contribution in [0, 0.1) is 10.1 Å². The molecule has 0 aliphatic rings. The molecular weight excluding hydrogens is 264 g/mol. The highest BCUT2D eigenvalue weighted by Crippen LogP contribution is 2.28. The van der Waals surface area contributed by atoms with Gasteiger partial charge in [-0.15, -0.1) is 0 Å². The van der Waals surface area contributed by atoms with Crippen LogP contribution in [-0.2, 0) is 4.79 Å². The number of carbonyl (C=O) groups is 1. The van der Waals surface area contributed by atoms with Crippen LogP contribution in [0.5, 0.6) is 0 Å². The van der Waals surface area contributed by atoms with E-state index in [1.54, 1.807) is 6.92 Å². The Balaban J connectivity index is 2.92. The molecule has 0 aliphatic carbocycles. The molecule has 3 N–H and O–H groups in total. The third-order valence-electron chi connectivity index (χ3n) is 2.54. The Bertz CT molecular complexity index is 493. The van der Waals surface area contributed by atoms with Crippen LogP contribution in [0.3, 0.4) is 0 Å². The van der Waals surface area contributed by atoms with Crippen LogP contribution in [0.4, 0.5) is 17.3 Å². The normalized spacial score (nSPS) is 11.6. The summed E-state index contributed by atoms with van der Waals surface area (Å²) < 4.78 is 0. The van der Waals surface area contributed by atoms with Crippen molar-refractivity contribution in [3.63, 3.8) is 0 Å². The predicted octanol–water partition coefficient (Wildman–Crippen LogP) is 0.753. The van der Waals surface area contributed by atoms with Gasteiger partial charge in [0.1, 0.15) is 12.4 Å². The summed E-state index contributed by atoms with van der Waals surface area (Å²) in [6.07, 6.45) is 2.01. The van der Waals surface area contributed by atoms with Gasteiger partial charge in [0.2, 0.25) is 17.5 Å². The second-order valence-electron chi connectivity index (χ2n) is 4.08. The minimum absolute atomic E-state index is 0.00787. The number of nitro groups is 1. The van der Waals surface area contributed by atoms with E-state index < -0.39 is 11.0 Å². The van der Waals surface area contributed by atoms with E-state index in [1.807, 2.05) is 6.92 Å². The van der Waals surface area contributed by atoms with Gasteiger partial charge in [-0.05, 0) is 13.3 Å². The van der Waals surface area contributed by atoms with Gasteiger partial charge in [0.15, 0.2) is 0 Å². The van der Waals surface area contributed by atoms with Crippen LogP contribution >= 0.6 is 0 Å². The third-order valence-corrected chi connectivity index (χ3v) is 2.54. The van der Waals surface area contributed by atoms with Crippen LogP contribution in [0.1, 0.15) is 20.3 Å². The molecule has 1 amide bonds. The number of rotatable bonds is 7. The lowest BCUT2D eigenvalue weighted by molar-refractivity contribution is -0.383. The molecule has 0 fully saturated rings. The number of anilines is 2. The molecule has 110 valence electrons. The molecule has 0 aliphatic heterocycles. The lowest BCUT2D eigenvalue weighted by Gasteiger charge is -2.14. The molecule has 1 unspecified atom stereocenters. The molecule has 20 heavy (non-hydrogen) atoms. The molecule has 0 bridgehead atoms. The van der Waals surface area contributed by atoms with E-state index in [2.05, 4.69) is 25.9 Å². The Labute approximate surface area is 116 Å². The maximum Gasteiger partial charge on any atom is 0.353 e. The van der Waals surface area contributed by atoms with Gasteiger partial charge in [0, 0.05) is 13.6 Å². The number of nitrogens with one attached hydrogen (secondary N) is 3. The van der Waals surface area contributed by atoms with Crippen molar-refractivity contribution >= 4 is 23.2 Å². The molecule has 1 aromatic heterocycles. The van der Waals surface area contributed by atoms with Crippen molar-refractivity contribution in [3.05, 3.63) is 16.4 Å². The first-order valence-electron chi connectivity index (χ1n) is 6.22. The van der Waals surface area contributed by atoms with Crippen LogP contribution < -0.4 is 16.0 Å². The van der Waals surface area contributed by atoms with Crippen LogP contribution in [-0.4, -0.2) is 40.4 Å². The summed E-state index contributed by atoms with van der Waals surface area (Å²) in [5, 5.41) is 19.1. The Kier molecular flexibility index (Phi) is 5.63. The Morgan fingerprint density at radius 3 is 2.65 bits per heavy atom. The summed E-state index contributed by atoms with van der Waals surface area (Å²) in [4.78, 5) is 29.8. The van der Waals surface area contributed by atoms with Crippen LogP contribution in [0.15, 0.2) is 6.33 Å². The van der Waals surface area contributed by atoms with Gasteiger partial charge in [-0.1, -0.05) is 6.92 Å². The zero-order valence-corrected chi connectivity index (χ0v) is 11.6. The highest BCUT2D eigenvalue weighted by molar-refractivity contribution is 5.85. The first-order valence-corrected chi connectivity index (χ1v) is 6.22. The SMILES string of the molecule is CCCNC(=O)C(C)Nc1ncnc(NC)c1[N+](=O)[O-]. The number of hydrogen-bond donors (Lipinski definition) is 3. The standard InChI is InChI=1S/C11H18N6O3/c1-4-5-13-11(18)7(2)16-10-8(17(19)20)9(12-3)14-6-15-10/h6-7H,4-5H2,1-3H3,(H,13,18)(H2,12,14,15,16). The highest BCUT2D eigenvalue weighted by Gasteiger charge is 2.24. The Morgan fingerprint density at radius 2 is 2.10 bits per heavy atom. The maximum absolute atomic E-state index is 11.7. The fourth-order valence-electron chi connectivity index (χ4n) is 1.51. The van der Waals surface area contributed by atoms with Crippen LogP contribution in [0.2, 0.25) is 0 Å². The summed E-state index contributed by atoms with van der Waals surface area (Å²) in [7, 11) is 1.52. The van der Waals surface area contributed by atoms with E-state index >= 15 is 0 Å². The van der Waals surface area contributed by atoms with Gasteiger partial charge >= 0.3 is 5.69 Å². The fourth-order valence-corrected chi connectivity index (χ4v) is 1.51. The third kappa shape index (κ3) is 3.77. The van der Waals surface area contributed by atoms with Crippen molar-refractivity contribution in [3.8, 4) is 0 Å². The Morgan fingerprint density at radius 1 is 1.45 bits per heavy atom. The van der Waals surface area contributed by atoms with E-state index in [4.69, 9.17) is 0 Å². The summed E-state index contributed by atoms with van der Waals surface area (Å²) in [6.45, 7) is 4.10. The molecule has 9 nitrogen and oxygen atoms in total. The molecule has 9 heteroatoms. The second-order valence-corrected chi connectivity index (χ2v) is 4.08. The molecule has 1 atom stereocenters. The first kappa shape index (κ1) is 15.6. The number of hydrogen-bond acceptors (Lipinski definition) is 7. The number of aromatic nitrogens is 2. The summed E-state index contributed by atoms with van der Waals surface area (Å²) in [5.41, 5.74) is -0.287. The summed E-state index contributed by atoms with van der Waals surface area (Å²) >= 11 is 0. The lowest BCUT2D eigenvalue weighted by Crippen LogP contribution is -2.38. The second kappa shape index (κ2) is 7.22. The van der Waals surface area contributed by atoms with Crippen molar-refractivity contribution < 1.29 is 9.72 Å². The molecule has 0 aromatic carbocycles. The van der Waals surface area contributed by atoms with Crippen molar-refractivity contribution in [1.29, 1.82) is 0 Å². The van der Waals surface area contributed by atoms with E-state index in [0.717, 1.165) is 6.42 Å². The molecular formula is C11H18N6O3. The topological polar surface area (TPSA) is 122 Å². The van der Waals surface area contributed by atoms with E-state index in [9.17, 15) is 14.9 Å².